The highest BCUT2D eigenvalue weighted by molar-refractivity contribution is 6.06. The molecule has 176 valence electrons. The summed E-state index contributed by atoms with van der Waals surface area (Å²) in [5, 5.41) is 0. The third-order valence-electron chi connectivity index (χ3n) is 7.28. The van der Waals surface area contributed by atoms with Crippen LogP contribution in [0.1, 0.15) is 79.4 Å². The summed E-state index contributed by atoms with van der Waals surface area (Å²) in [6, 6.07) is 15.9. The topological polar surface area (TPSA) is 40.6 Å². The lowest BCUT2D eigenvalue weighted by Crippen LogP contribution is -2.55. The Morgan fingerprint density at radius 1 is 0.970 bits per heavy atom. The number of hydrogen-bond acceptors (Lipinski definition) is 3. The Morgan fingerprint density at radius 3 is 2.30 bits per heavy atom. The summed E-state index contributed by atoms with van der Waals surface area (Å²) >= 11 is 0. The third-order valence-corrected chi connectivity index (χ3v) is 7.28. The Hall–Kier alpha value is -2.46. The van der Waals surface area contributed by atoms with Crippen molar-refractivity contribution in [3.05, 3.63) is 70.8 Å². The fourth-order valence-corrected chi connectivity index (χ4v) is 5.42. The number of carbonyl (C=O) groups excluding carboxylic acids is 2. The maximum atomic E-state index is 14.2. The SMILES string of the molecule is Cc1ccc(C(=O)N(C(=O)C(CC(C)C)N2CCc3ccccc3C2)C2CCCCC2)cc1. The minimum Gasteiger partial charge on any atom is -0.287 e. The number of hydrogen-bond donors (Lipinski definition) is 0. The molecule has 1 saturated carbocycles. The molecular formula is C29H38N2O2. The summed E-state index contributed by atoms with van der Waals surface area (Å²) in [6.07, 6.45) is 6.92. The zero-order valence-electron chi connectivity index (χ0n) is 20.4. The molecule has 1 atom stereocenters. The molecule has 0 spiro atoms. The fourth-order valence-electron chi connectivity index (χ4n) is 5.42. The van der Waals surface area contributed by atoms with Crippen LogP contribution in [0.15, 0.2) is 48.5 Å². The first-order chi connectivity index (χ1) is 15.9. The molecule has 2 amide bonds. The van der Waals surface area contributed by atoms with E-state index in [2.05, 4.69) is 43.0 Å². The van der Waals surface area contributed by atoms with E-state index in [9.17, 15) is 9.59 Å². The van der Waals surface area contributed by atoms with Gasteiger partial charge in [-0.25, -0.2) is 0 Å². The number of fused-ring (bicyclic) bond motifs is 1. The van der Waals surface area contributed by atoms with E-state index in [1.165, 1.54) is 17.5 Å². The second kappa shape index (κ2) is 10.6. The molecule has 0 aromatic heterocycles. The van der Waals surface area contributed by atoms with E-state index in [0.29, 0.717) is 11.5 Å². The van der Waals surface area contributed by atoms with Crippen LogP contribution in [0.25, 0.3) is 0 Å². The maximum Gasteiger partial charge on any atom is 0.260 e. The number of amides is 2. The minimum atomic E-state index is -0.269. The van der Waals surface area contributed by atoms with Gasteiger partial charge in [-0.1, -0.05) is 75.1 Å². The monoisotopic (exact) mass is 446 g/mol. The van der Waals surface area contributed by atoms with Crippen LogP contribution >= 0.6 is 0 Å². The number of rotatable bonds is 6. The van der Waals surface area contributed by atoms with Crippen molar-refractivity contribution in [2.24, 2.45) is 5.92 Å². The van der Waals surface area contributed by atoms with Crippen molar-refractivity contribution in [1.29, 1.82) is 0 Å². The largest absolute Gasteiger partial charge is 0.287 e. The molecule has 33 heavy (non-hydrogen) atoms. The van der Waals surface area contributed by atoms with Gasteiger partial charge in [0.1, 0.15) is 0 Å². The molecule has 2 aliphatic rings. The van der Waals surface area contributed by atoms with Crippen LogP contribution < -0.4 is 0 Å². The summed E-state index contributed by atoms with van der Waals surface area (Å²) in [4.78, 5) is 32.0. The number of aryl methyl sites for hydroxylation is 1. The smallest absolute Gasteiger partial charge is 0.260 e. The predicted octanol–water partition coefficient (Wildman–Crippen LogP) is 5.77. The summed E-state index contributed by atoms with van der Waals surface area (Å²) < 4.78 is 0. The number of imide groups is 1. The van der Waals surface area contributed by atoms with E-state index < -0.39 is 0 Å². The molecule has 1 unspecified atom stereocenters. The van der Waals surface area contributed by atoms with Gasteiger partial charge in [0.05, 0.1) is 6.04 Å². The Balaban J connectivity index is 1.65. The van der Waals surface area contributed by atoms with E-state index >= 15 is 0 Å². The van der Waals surface area contributed by atoms with Gasteiger partial charge in [0.2, 0.25) is 5.91 Å². The lowest BCUT2D eigenvalue weighted by Gasteiger charge is -2.40. The predicted molar refractivity (Wildman–Crippen MR) is 133 cm³/mol. The molecule has 0 N–H and O–H groups in total. The van der Waals surface area contributed by atoms with Crippen molar-refractivity contribution in [1.82, 2.24) is 9.80 Å². The van der Waals surface area contributed by atoms with Gasteiger partial charge in [-0.05, 0) is 61.8 Å². The van der Waals surface area contributed by atoms with Gasteiger partial charge in [0.25, 0.3) is 5.91 Å². The lowest BCUT2D eigenvalue weighted by atomic mass is 9.91. The van der Waals surface area contributed by atoms with Gasteiger partial charge < -0.3 is 0 Å². The maximum absolute atomic E-state index is 14.2. The molecule has 1 aliphatic heterocycles. The second-order valence-corrected chi connectivity index (χ2v) is 10.3. The standard InChI is InChI=1S/C29H38N2O2/c1-21(2)19-27(30-18-17-23-9-7-8-10-25(23)20-30)29(33)31(26-11-5-4-6-12-26)28(32)24-15-13-22(3)14-16-24/h7-10,13-16,21,26-27H,4-6,11-12,17-20H2,1-3H3. The molecule has 4 heteroatoms. The van der Waals surface area contributed by atoms with Crippen molar-refractivity contribution >= 4 is 11.8 Å². The molecule has 2 aromatic carbocycles. The Morgan fingerprint density at radius 2 is 1.64 bits per heavy atom. The zero-order valence-corrected chi connectivity index (χ0v) is 20.4. The highest BCUT2D eigenvalue weighted by Crippen LogP contribution is 2.29. The minimum absolute atomic E-state index is 0.000515. The molecule has 1 heterocycles. The Kier molecular flexibility index (Phi) is 7.64. The van der Waals surface area contributed by atoms with Gasteiger partial charge in [0, 0.05) is 24.7 Å². The lowest BCUT2D eigenvalue weighted by molar-refractivity contribution is -0.138. The van der Waals surface area contributed by atoms with Crippen LogP contribution in [0.2, 0.25) is 0 Å². The molecule has 4 rings (SSSR count). The molecule has 0 saturated heterocycles. The second-order valence-electron chi connectivity index (χ2n) is 10.3. The number of nitrogens with zero attached hydrogens (tertiary/aromatic N) is 2. The van der Waals surface area contributed by atoms with Gasteiger partial charge in [-0.15, -0.1) is 0 Å². The van der Waals surface area contributed by atoms with Gasteiger partial charge in [-0.3, -0.25) is 19.4 Å². The third kappa shape index (κ3) is 5.55. The highest BCUT2D eigenvalue weighted by Gasteiger charge is 2.39. The normalized spacial score (nSPS) is 18.1. The molecule has 2 aromatic rings. The Bertz CT molecular complexity index is 960. The van der Waals surface area contributed by atoms with Crippen LogP contribution in [0.4, 0.5) is 0 Å². The van der Waals surface area contributed by atoms with Gasteiger partial charge in [-0.2, -0.15) is 0 Å². The van der Waals surface area contributed by atoms with Crippen LogP contribution in [0, 0.1) is 12.8 Å². The first-order valence-corrected chi connectivity index (χ1v) is 12.7. The molecule has 0 radical (unpaired) electrons. The number of carbonyl (C=O) groups is 2. The van der Waals surface area contributed by atoms with E-state index in [4.69, 9.17) is 0 Å². The van der Waals surface area contributed by atoms with E-state index in [0.717, 1.165) is 57.2 Å². The average Bonchev–Trinajstić information content (AvgIpc) is 2.83. The van der Waals surface area contributed by atoms with Gasteiger partial charge >= 0.3 is 0 Å². The fraction of sp³-hybridized carbons (Fsp3) is 0.517. The zero-order chi connectivity index (χ0) is 23.4. The van der Waals surface area contributed by atoms with Gasteiger partial charge in [0.15, 0.2) is 0 Å². The van der Waals surface area contributed by atoms with Crippen LogP contribution in [0.5, 0.6) is 0 Å². The molecule has 1 fully saturated rings. The van der Waals surface area contributed by atoms with Crippen molar-refractivity contribution < 1.29 is 9.59 Å². The summed E-state index contributed by atoms with van der Waals surface area (Å²) in [6.45, 7) is 7.99. The summed E-state index contributed by atoms with van der Waals surface area (Å²) in [5.74, 6) is 0.248. The molecule has 4 nitrogen and oxygen atoms in total. The van der Waals surface area contributed by atoms with Crippen molar-refractivity contribution in [2.45, 2.75) is 84.3 Å². The van der Waals surface area contributed by atoms with Crippen molar-refractivity contribution in [3.8, 4) is 0 Å². The summed E-state index contributed by atoms with van der Waals surface area (Å²) in [7, 11) is 0. The molecule has 0 bridgehead atoms. The molecule has 1 aliphatic carbocycles. The Labute approximate surface area is 199 Å². The number of benzene rings is 2. The molecular weight excluding hydrogens is 408 g/mol. The first kappa shape index (κ1) is 23.7. The van der Waals surface area contributed by atoms with E-state index in [-0.39, 0.29) is 23.9 Å². The van der Waals surface area contributed by atoms with Crippen molar-refractivity contribution in [2.75, 3.05) is 6.54 Å². The van der Waals surface area contributed by atoms with E-state index in [1.54, 1.807) is 4.90 Å². The summed E-state index contributed by atoms with van der Waals surface area (Å²) in [5.41, 5.74) is 4.42. The highest BCUT2D eigenvalue weighted by atomic mass is 16.2. The van der Waals surface area contributed by atoms with Crippen LogP contribution in [0.3, 0.4) is 0 Å². The van der Waals surface area contributed by atoms with E-state index in [1.807, 2.05) is 31.2 Å². The average molecular weight is 447 g/mol. The van der Waals surface area contributed by atoms with Crippen molar-refractivity contribution in [3.63, 3.8) is 0 Å². The van der Waals surface area contributed by atoms with Crippen LogP contribution in [-0.4, -0.2) is 40.2 Å². The quantitative estimate of drug-likeness (QED) is 0.566. The van der Waals surface area contributed by atoms with Crippen LogP contribution in [-0.2, 0) is 17.8 Å². The first-order valence-electron chi connectivity index (χ1n) is 12.7.